The topological polar surface area (TPSA) is 39.8 Å². The minimum absolute atomic E-state index is 0.0271. The smallest absolute Gasteiger partial charge is 0.258 e. The Kier molecular flexibility index (Phi) is 3.68. The lowest BCUT2D eigenvalue weighted by molar-refractivity contribution is 0.650. The molecule has 3 rings (SSSR count). The maximum absolute atomic E-state index is 12.5. The number of halogens is 1. The van der Waals surface area contributed by atoms with Crippen LogP contribution in [0.1, 0.15) is 18.3 Å². The first-order valence-corrected chi connectivity index (χ1v) is 7.69. The van der Waals surface area contributed by atoms with E-state index < -0.39 is 0 Å². The minimum atomic E-state index is 0.0271. The molecule has 0 fully saturated rings. The van der Waals surface area contributed by atoms with Crippen LogP contribution in [0.3, 0.4) is 0 Å². The van der Waals surface area contributed by atoms with Crippen molar-refractivity contribution in [2.75, 3.05) is 0 Å². The van der Waals surface area contributed by atoms with Crippen LogP contribution in [0.25, 0.3) is 10.8 Å². The van der Waals surface area contributed by atoms with Gasteiger partial charge in [-0.2, -0.15) is 5.10 Å². The fourth-order valence-electron chi connectivity index (χ4n) is 2.51. The number of hydrogen-bond acceptors (Lipinski definition) is 2. The quantitative estimate of drug-likeness (QED) is 0.731. The van der Waals surface area contributed by atoms with Crippen LogP contribution in [0, 0.1) is 0 Å². The molecule has 2 heterocycles. The van der Waals surface area contributed by atoms with Crippen LogP contribution >= 0.6 is 15.9 Å². The Bertz CT molecular complexity index is 864. The van der Waals surface area contributed by atoms with Gasteiger partial charge in [0.25, 0.3) is 5.56 Å². The molecule has 2 aromatic heterocycles. The van der Waals surface area contributed by atoms with Gasteiger partial charge in [0.05, 0.1) is 22.4 Å². The second-order valence-corrected chi connectivity index (χ2v) is 5.81. The maximum atomic E-state index is 12.5. The minimum Gasteiger partial charge on any atom is -0.309 e. The summed E-state index contributed by atoms with van der Waals surface area (Å²) in [5.41, 5.74) is 2.05. The Hall–Kier alpha value is -1.88. The number of benzene rings is 1. The molecule has 0 saturated heterocycles. The number of pyridine rings is 1. The lowest BCUT2D eigenvalue weighted by atomic mass is 10.2. The largest absolute Gasteiger partial charge is 0.309 e. The number of rotatable bonds is 3. The summed E-state index contributed by atoms with van der Waals surface area (Å²) in [7, 11) is 1.91. The van der Waals surface area contributed by atoms with Gasteiger partial charge in [0.1, 0.15) is 0 Å². The molecule has 5 heteroatoms. The Labute approximate surface area is 131 Å². The Morgan fingerprint density at radius 2 is 2.00 bits per heavy atom. The zero-order chi connectivity index (χ0) is 15.0. The third-order valence-electron chi connectivity index (χ3n) is 3.71. The molecule has 4 nitrogen and oxygen atoms in total. The number of nitrogens with zero attached hydrogens (tertiary/aromatic N) is 3. The average molecular weight is 346 g/mol. The molecule has 0 spiro atoms. The van der Waals surface area contributed by atoms with E-state index in [1.54, 1.807) is 4.57 Å². The van der Waals surface area contributed by atoms with Gasteiger partial charge in [-0.15, -0.1) is 0 Å². The average Bonchev–Trinajstić information content (AvgIpc) is 2.77. The molecule has 0 amide bonds. The maximum Gasteiger partial charge on any atom is 0.258 e. The number of fused-ring (bicyclic) bond motifs is 1. The monoisotopic (exact) mass is 345 g/mol. The molecule has 0 bridgehead atoms. The van der Waals surface area contributed by atoms with E-state index in [0.717, 1.165) is 33.1 Å². The predicted octanol–water partition coefficient (Wildman–Crippen LogP) is 3.11. The SMILES string of the molecule is CCc1nn(C)c(Cn2ccc3ccccc3c2=O)c1Br. The van der Waals surface area contributed by atoms with Gasteiger partial charge in [-0.25, -0.2) is 0 Å². The van der Waals surface area contributed by atoms with Crippen LogP contribution in [-0.2, 0) is 20.0 Å². The van der Waals surface area contributed by atoms with E-state index in [-0.39, 0.29) is 5.56 Å². The van der Waals surface area contributed by atoms with Crippen molar-refractivity contribution in [3.63, 3.8) is 0 Å². The lowest BCUT2D eigenvalue weighted by Gasteiger charge is -2.08. The first-order chi connectivity index (χ1) is 10.1. The molecule has 0 aliphatic rings. The zero-order valence-electron chi connectivity index (χ0n) is 12.0. The van der Waals surface area contributed by atoms with E-state index in [1.807, 2.05) is 48.3 Å². The van der Waals surface area contributed by atoms with E-state index in [9.17, 15) is 4.79 Å². The van der Waals surface area contributed by atoms with E-state index in [1.165, 1.54) is 0 Å². The van der Waals surface area contributed by atoms with Gasteiger partial charge in [-0.1, -0.05) is 25.1 Å². The highest BCUT2D eigenvalue weighted by atomic mass is 79.9. The van der Waals surface area contributed by atoms with Crippen LogP contribution in [0.15, 0.2) is 45.8 Å². The van der Waals surface area contributed by atoms with Crippen molar-refractivity contribution >= 4 is 26.7 Å². The van der Waals surface area contributed by atoms with Gasteiger partial charge in [0.2, 0.25) is 0 Å². The summed E-state index contributed by atoms with van der Waals surface area (Å²) in [6.45, 7) is 2.58. The van der Waals surface area contributed by atoms with Crippen molar-refractivity contribution in [2.45, 2.75) is 19.9 Å². The number of hydrogen-bond donors (Lipinski definition) is 0. The summed E-state index contributed by atoms with van der Waals surface area (Å²) < 4.78 is 4.56. The molecular formula is C16H16BrN3O. The molecule has 0 aliphatic carbocycles. The molecule has 0 unspecified atom stereocenters. The molecule has 0 aliphatic heterocycles. The summed E-state index contributed by atoms with van der Waals surface area (Å²) in [6, 6.07) is 9.63. The van der Waals surface area contributed by atoms with Crippen molar-refractivity contribution in [2.24, 2.45) is 7.05 Å². The van der Waals surface area contributed by atoms with Crippen LogP contribution < -0.4 is 5.56 Å². The first-order valence-electron chi connectivity index (χ1n) is 6.90. The van der Waals surface area contributed by atoms with Gasteiger partial charge >= 0.3 is 0 Å². The van der Waals surface area contributed by atoms with E-state index in [4.69, 9.17) is 0 Å². The fraction of sp³-hybridized carbons (Fsp3) is 0.250. The normalized spacial score (nSPS) is 11.2. The Balaban J connectivity index is 2.09. The second-order valence-electron chi connectivity index (χ2n) is 5.02. The van der Waals surface area contributed by atoms with Crippen LogP contribution in [-0.4, -0.2) is 14.3 Å². The van der Waals surface area contributed by atoms with Crippen molar-refractivity contribution in [1.29, 1.82) is 0 Å². The fourth-order valence-corrected chi connectivity index (χ4v) is 3.25. The van der Waals surface area contributed by atoms with Crippen molar-refractivity contribution in [3.8, 4) is 0 Å². The summed E-state index contributed by atoms with van der Waals surface area (Å²) in [5, 5.41) is 6.19. The summed E-state index contributed by atoms with van der Waals surface area (Å²) in [6.07, 6.45) is 2.71. The highest BCUT2D eigenvalue weighted by molar-refractivity contribution is 9.10. The summed E-state index contributed by atoms with van der Waals surface area (Å²) in [4.78, 5) is 12.5. The Morgan fingerprint density at radius 1 is 1.24 bits per heavy atom. The van der Waals surface area contributed by atoms with Crippen LogP contribution in [0.4, 0.5) is 0 Å². The van der Waals surface area contributed by atoms with Crippen LogP contribution in [0.2, 0.25) is 0 Å². The molecule has 3 aromatic rings. The van der Waals surface area contributed by atoms with Crippen LogP contribution in [0.5, 0.6) is 0 Å². The second kappa shape index (κ2) is 5.48. The van der Waals surface area contributed by atoms with Crippen molar-refractivity contribution in [1.82, 2.24) is 14.3 Å². The molecule has 108 valence electrons. The predicted molar refractivity (Wildman–Crippen MR) is 87.6 cm³/mol. The van der Waals surface area contributed by atoms with E-state index in [0.29, 0.717) is 6.54 Å². The summed E-state index contributed by atoms with van der Waals surface area (Å²) >= 11 is 3.60. The van der Waals surface area contributed by atoms with E-state index in [2.05, 4.69) is 28.0 Å². The standard InChI is InChI=1S/C16H16BrN3O/c1-3-13-15(17)14(19(2)18-13)10-20-9-8-11-6-4-5-7-12(11)16(20)21/h4-9H,3,10H2,1-2H3. The number of aromatic nitrogens is 3. The van der Waals surface area contributed by atoms with Gasteiger partial charge in [0, 0.05) is 18.6 Å². The van der Waals surface area contributed by atoms with Crippen molar-refractivity contribution < 1.29 is 0 Å². The molecule has 0 saturated carbocycles. The van der Waals surface area contributed by atoms with E-state index >= 15 is 0 Å². The zero-order valence-corrected chi connectivity index (χ0v) is 13.6. The number of aryl methyl sites for hydroxylation is 2. The molecule has 0 N–H and O–H groups in total. The first kappa shape index (κ1) is 14.1. The summed E-state index contributed by atoms with van der Waals surface area (Å²) in [5.74, 6) is 0. The molecular weight excluding hydrogens is 330 g/mol. The van der Waals surface area contributed by atoms with Crippen molar-refractivity contribution in [3.05, 3.63) is 62.7 Å². The Morgan fingerprint density at radius 3 is 2.71 bits per heavy atom. The molecule has 1 aromatic carbocycles. The van der Waals surface area contributed by atoms with Gasteiger partial charge in [-0.3, -0.25) is 9.48 Å². The third kappa shape index (κ3) is 2.42. The van der Waals surface area contributed by atoms with Gasteiger partial charge in [0.15, 0.2) is 0 Å². The third-order valence-corrected chi connectivity index (χ3v) is 4.62. The van der Waals surface area contributed by atoms with Gasteiger partial charge in [-0.05, 0) is 39.9 Å². The van der Waals surface area contributed by atoms with Gasteiger partial charge < -0.3 is 4.57 Å². The molecule has 0 radical (unpaired) electrons. The molecule has 21 heavy (non-hydrogen) atoms. The highest BCUT2D eigenvalue weighted by Gasteiger charge is 2.13. The lowest BCUT2D eigenvalue weighted by Crippen LogP contribution is -2.21. The molecule has 0 atom stereocenters. The highest BCUT2D eigenvalue weighted by Crippen LogP contribution is 2.22.